The third-order valence-corrected chi connectivity index (χ3v) is 4.58. The second kappa shape index (κ2) is 6.33. The molecule has 1 amide bonds. The molecule has 0 aliphatic carbocycles. The van der Waals surface area contributed by atoms with Crippen molar-refractivity contribution in [1.82, 2.24) is 24.7 Å². The number of anilines is 1. The van der Waals surface area contributed by atoms with Crippen LogP contribution in [0.1, 0.15) is 16.3 Å². The topological polar surface area (TPSA) is 88.5 Å². The molecule has 0 atom stereocenters. The second-order valence-corrected chi connectivity index (χ2v) is 6.30. The minimum absolute atomic E-state index is 0.285. The number of nitrogens with one attached hydrogen (secondary N) is 2. The molecule has 8 heteroatoms. The van der Waals surface area contributed by atoms with Crippen molar-refractivity contribution in [2.24, 2.45) is 0 Å². The Bertz CT molecular complexity index is 1000. The zero-order chi connectivity index (χ0) is 17.2. The van der Waals surface area contributed by atoms with Crippen LogP contribution in [0.25, 0.3) is 16.4 Å². The lowest BCUT2D eigenvalue weighted by atomic mass is 10.3. The first kappa shape index (κ1) is 15.3. The summed E-state index contributed by atoms with van der Waals surface area (Å²) in [5.41, 5.74) is 1.76. The molecular formula is C17H14N6OS. The lowest BCUT2D eigenvalue weighted by Crippen LogP contribution is -2.12. The number of imidazole rings is 1. The Balaban J connectivity index is 1.49. The highest BCUT2D eigenvalue weighted by atomic mass is 32.1. The fourth-order valence-electron chi connectivity index (χ4n) is 2.41. The zero-order valence-corrected chi connectivity index (χ0v) is 14.1. The summed E-state index contributed by atoms with van der Waals surface area (Å²) in [7, 11) is 0. The predicted molar refractivity (Wildman–Crippen MR) is 95.9 cm³/mol. The normalized spacial score (nSPS) is 10.8. The standard InChI is InChI=1S/C17H14N6OS/c1-11-18-6-7-23(11)16-5-4-12(10-19-16)20-17(24)14-9-13(21-22-14)15-3-2-8-25-15/h2-10H,1H3,(H,20,24)(H,21,22). The van der Waals surface area contributed by atoms with Gasteiger partial charge in [0, 0.05) is 12.4 Å². The average molecular weight is 350 g/mol. The van der Waals surface area contributed by atoms with Gasteiger partial charge in [0.2, 0.25) is 0 Å². The highest BCUT2D eigenvalue weighted by Crippen LogP contribution is 2.23. The van der Waals surface area contributed by atoms with Gasteiger partial charge < -0.3 is 5.32 Å². The summed E-state index contributed by atoms with van der Waals surface area (Å²) in [5.74, 6) is 1.31. The molecule has 0 radical (unpaired) electrons. The van der Waals surface area contributed by atoms with E-state index in [-0.39, 0.29) is 5.91 Å². The third-order valence-electron chi connectivity index (χ3n) is 3.68. The quantitative estimate of drug-likeness (QED) is 0.591. The maximum atomic E-state index is 12.3. The molecule has 0 saturated carbocycles. The van der Waals surface area contributed by atoms with Crippen molar-refractivity contribution >= 4 is 22.9 Å². The Kier molecular flexibility index (Phi) is 3.87. The van der Waals surface area contributed by atoms with Crippen molar-refractivity contribution in [1.29, 1.82) is 0 Å². The molecule has 0 aliphatic rings. The number of aromatic amines is 1. The summed E-state index contributed by atoms with van der Waals surface area (Å²) in [5, 5.41) is 11.7. The number of nitrogens with zero attached hydrogens (tertiary/aromatic N) is 4. The van der Waals surface area contributed by atoms with Crippen molar-refractivity contribution in [2.75, 3.05) is 5.32 Å². The molecule has 124 valence electrons. The number of aromatic nitrogens is 5. The molecule has 7 nitrogen and oxygen atoms in total. The number of rotatable bonds is 4. The summed E-state index contributed by atoms with van der Waals surface area (Å²) in [6.07, 6.45) is 5.17. The van der Waals surface area contributed by atoms with E-state index in [2.05, 4.69) is 25.5 Å². The van der Waals surface area contributed by atoms with E-state index >= 15 is 0 Å². The van der Waals surface area contributed by atoms with Crippen LogP contribution >= 0.6 is 11.3 Å². The van der Waals surface area contributed by atoms with Crippen molar-refractivity contribution in [3.8, 4) is 16.4 Å². The molecule has 0 aromatic carbocycles. The summed E-state index contributed by atoms with van der Waals surface area (Å²) < 4.78 is 1.87. The summed E-state index contributed by atoms with van der Waals surface area (Å²) >= 11 is 1.59. The lowest BCUT2D eigenvalue weighted by Gasteiger charge is -2.06. The molecule has 4 aromatic heterocycles. The van der Waals surface area contributed by atoms with Crippen molar-refractivity contribution < 1.29 is 4.79 Å². The van der Waals surface area contributed by atoms with Crippen LogP contribution in [0.2, 0.25) is 0 Å². The van der Waals surface area contributed by atoms with Crippen LogP contribution in [0.5, 0.6) is 0 Å². The molecule has 4 aromatic rings. The van der Waals surface area contributed by atoms with Gasteiger partial charge in [0.05, 0.1) is 22.5 Å². The highest BCUT2D eigenvalue weighted by Gasteiger charge is 2.12. The molecule has 4 rings (SSSR count). The smallest absolute Gasteiger partial charge is 0.276 e. The first-order chi connectivity index (χ1) is 12.2. The number of hydrogen-bond donors (Lipinski definition) is 2. The maximum Gasteiger partial charge on any atom is 0.276 e. The summed E-state index contributed by atoms with van der Waals surface area (Å²) in [6, 6.07) is 9.28. The molecular weight excluding hydrogens is 336 g/mol. The molecule has 0 fully saturated rings. The van der Waals surface area contributed by atoms with E-state index in [9.17, 15) is 4.79 Å². The van der Waals surface area contributed by atoms with E-state index in [0.717, 1.165) is 22.2 Å². The Hall–Kier alpha value is -3.26. The van der Waals surface area contributed by atoms with Gasteiger partial charge in [0.1, 0.15) is 11.6 Å². The SMILES string of the molecule is Cc1nccn1-c1ccc(NC(=O)c2cc(-c3cccs3)[nH]n2)cn1. The van der Waals surface area contributed by atoms with Gasteiger partial charge in [-0.15, -0.1) is 11.3 Å². The number of carbonyl (C=O) groups is 1. The Morgan fingerprint density at radius 3 is 2.88 bits per heavy atom. The first-order valence-corrected chi connectivity index (χ1v) is 8.46. The number of aryl methyl sites for hydroxylation is 1. The molecule has 0 saturated heterocycles. The van der Waals surface area contributed by atoms with Gasteiger partial charge in [-0.1, -0.05) is 6.07 Å². The largest absolute Gasteiger partial charge is 0.319 e. The van der Waals surface area contributed by atoms with Crippen LogP contribution < -0.4 is 5.32 Å². The zero-order valence-electron chi connectivity index (χ0n) is 13.3. The first-order valence-electron chi connectivity index (χ1n) is 7.58. The molecule has 0 unspecified atom stereocenters. The van der Waals surface area contributed by atoms with Gasteiger partial charge >= 0.3 is 0 Å². The van der Waals surface area contributed by atoms with Gasteiger partial charge in [-0.3, -0.25) is 14.5 Å². The van der Waals surface area contributed by atoms with Gasteiger partial charge in [0.25, 0.3) is 5.91 Å². The maximum absolute atomic E-state index is 12.3. The Morgan fingerprint density at radius 1 is 1.28 bits per heavy atom. The molecule has 0 aliphatic heterocycles. The molecule has 0 bridgehead atoms. The molecule has 4 heterocycles. The minimum Gasteiger partial charge on any atom is -0.319 e. The fourth-order valence-corrected chi connectivity index (χ4v) is 3.11. The van der Waals surface area contributed by atoms with Crippen LogP contribution in [0.3, 0.4) is 0 Å². The molecule has 2 N–H and O–H groups in total. The summed E-state index contributed by atoms with van der Waals surface area (Å²) in [6.45, 7) is 1.90. The van der Waals surface area contributed by atoms with E-state index in [0.29, 0.717) is 11.4 Å². The Morgan fingerprint density at radius 2 is 2.20 bits per heavy atom. The van der Waals surface area contributed by atoms with Gasteiger partial charge in [0.15, 0.2) is 5.69 Å². The predicted octanol–water partition coefficient (Wildman–Crippen LogP) is 3.28. The van der Waals surface area contributed by atoms with Gasteiger partial charge in [-0.05, 0) is 36.6 Å². The number of H-pyrrole nitrogens is 1. The van der Waals surface area contributed by atoms with Crippen molar-refractivity contribution in [2.45, 2.75) is 6.92 Å². The Labute approximate surface area is 147 Å². The van der Waals surface area contributed by atoms with E-state index in [1.54, 1.807) is 35.9 Å². The van der Waals surface area contributed by atoms with E-state index in [1.807, 2.05) is 41.3 Å². The van der Waals surface area contributed by atoms with Crippen LogP contribution in [-0.4, -0.2) is 30.6 Å². The van der Waals surface area contributed by atoms with Crippen molar-refractivity contribution in [3.63, 3.8) is 0 Å². The number of pyridine rings is 1. The number of thiophene rings is 1. The van der Waals surface area contributed by atoms with E-state index in [4.69, 9.17) is 0 Å². The van der Waals surface area contributed by atoms with Crippen LogP contribution in [-0.2, 0) is 0 Å². The van der Waals surface area contributed by atoms with Crippen molar-refractivity contribution in [3.05, 3.63) is 65.8 Å². The van der Waals surface area contributed by atoms with E-state index in [1.165, 1.54) is 0 Å². The second-order valence-electron chi connectivity index (χ2n) is 5.35. The van der Waals surface area contributed by atoms with Gasteiger partial charge in [-0.25, -0.2) is 9.97 Å². The lowest BCUT2D eigenvalue weighted by molar-refractivity contribution is 0.102. The van der Waals surface area contributed by atoms with Crippen LogP contribution in [0.15, 0.2) is 54.3 Å². The van der Waals surface area contributed by atoms with Crippen LogP contribution in [0, 0.1) is 6.92 Å². The van der Waals surface area contributed by atoms with Gasteiger partial charge in [-0.2, -0.15) is 5.10 Å². The fraction of sp³-hybridized carbons (Fsp3) is 0.0588. The number of carbonyl (C=O) groups excluding carboxylic acids is 1. The summed E-state index contributed by atoms with van der Waals surface area (Å²) in [4.78, 5) is 21.9. The minimum atomic E-state index is -0.285. The number of amides is 1. The average Bonchev–Trinajstić information content (AvgIpc) is 3.36. The monoisotopic (exact) mass is 350 g/mol. The molecule has 0 spiro atoms. The molecule has 25 heavy (non-hydrogen) atoms. The van der Waals surface area contributed by atoms with E-state index < -0.39 is 0 Å². The van der Waals surface area contributed by atoms with Crippen LogP contribution in [0.4, 0.5) is 5.69 Å². The third kappa shape index (κ3) is 3.07. The number of hydrogen-bond acceptors (Lipinski definition) is 5. The highest BCUT2D eigenvalue weighted by molar-refractivity contribution is 7.13.